The van der Waals surface area contributed by atoms with Crippen molar-refractivity contribution < 1.29 is 9.47 Å². The molecule has 1 aromatic carbocycles. The molecule has 2 aromatic heterocycles. The molecule has 216 valence electrons. The largest absolute Gasteiger partial charge is 0.355 e. The number of nitrogens with two attached hydrogens (primary N) is 1. The summed E-state index contributed by atoms with van der Waals surface area (Å²) in [5.74, 6) is 8.23. The molecule has 1 aliphatic carbocycles. The molecule has 3 aromatic rings. The van der Waals surface area contributed by atoms with Gasteiger partial charge < -0.3 is 20.3 Å². The van der Waals surface area contributed by atoms with Crippen LogP contribution < -0.4 is 11.3 Å². The highest BCUT2D eigenvalue weighted by Gasteiger charge is 2.50. The number of amidine groups is 1. The quantitative estimate of drug-likeness (QED) is 0.0746. The van der Waals surface area contributed by atoms with Crippen molar-refractivity contribution in [2.24, 2.45) is 10.8 Å². The number of aromatic nitrogens is 3. The van der Waals surface area contributed by atoms with E-state index in [4.69, 9.17) is 26.0 Å². The SMILES string of the molecule is C=N.CC(C)(OCOCCS(C)(C)C)c1cccn2c(C3(c4ccc(C(=NCCC#N)NN)cc4)CC3)nnc12. The Kier molecular flexibility index (Phi) is 10.4. The minimum atomic E-state index is -0.590. The lowest BCUT2D eigenvalue weighted by molar-refractivity contribution is -0.128. The number of hydrazine groups is 1. The molecule has 1 aliphatic rings. The number of aliphatic imine (C=N–C) groups is 1. The van der Waals surface area contributed by atoms with Crippen molar-refractivity contribution in [3.05, 3.63) is 65.1 Å². The Morgan fingerprint density at radius 2 is 1.93 bits per heavy atom. The van der Waals surface area contributed by atoms with Gasteiger partial charge >= 0.3 is 0 Å². The van der Waals surface area contributed by atoms with E-state index in [0.717, 1.165) is 41.2 Å². The van der Waals surface area contributed by atoms with Crippen LogP contribution in [0.3, 0.4) is 0 Å². The van der Waals surface area contributed by atoms with Gasteiger partial charge in [-0.25, -0.2) is 15.9 Å². The fourth-order valence-corrected chi connectivity index (χ4v) is 5.12. The molecule has 1 saturated carbocycles. The molecule has 2 heterocycles. The average Bonchev–Trinajstić information content (AvgIpc) is 3.62. The third-order valence-corrected chi connectivity index (χ3v) is 8.34. The second kappa shape index (κ2) is 13.4. The molecule has 0 saturated heterocycles. The number of hydrogen-bond acceptors (Lipinski definition) is 8. The van der Waals surface area contributed by atoms with Crippen molar-refractivity contribution in [1.82, 2.24) is 20.0 Å². The van der Waals surface area contributed by atoms with E-state index in [9.17, 15) is 0 Å². The molecule has 0 spiro atoms. The maximum atomic E-state index is 8.77. The van der Waals surface area contributed by atoms with Crippen LogP contribution in [0.25, 0.3) is 5.65 Å². The molecule has 11 heteroatoms. The van der Waals surface area contributed by atoms with Crippen LogP contribution in [0.15, 0.2) is 47.6 Å². The summed E-state index contributed by atoms with van der Waals surface area (Å²) in [4.78, 5) is 4.39. The number of rotatable bonds is 12. The van der Waals surface area contributed by atoms with Crippen molar-refractivity contribution >= 4 is 28.2 Å². The zero-order chi connectivity index (χ0) is 29.4. The standard InChI is InChI=1S/C28H39N7O2S.CH3N/c1-27(2,37-20-36-18-19-38(3,4)5)23-8-6-17-35-25(23)33-34-26(35)28(13-14-28)22-11-9-21(10-12-22)24(32-30)31-16-7-15-29;1-2/h6,8-12,17H,7,13-14,16,18-20,30H2,1-5H3,(H,31,32);2H,1H2. The van der Waals surface area contributed by atoms with E-state index >= 15 is 0 Å². The van der Waals surface area contributed by atoms with Crippen LogP contribution in [0.5, 0.6) is 0 Å². The number of benzene rings is 1. The lowest BCUT2D eigenvalue weighted by atomic mass is 9.93. The Hall–Kier alpha value is -3.30. The molecule has 40 heavy (non-hydrogen) atoms. The summed E-state index contributed by atoms with van der Waals surface area (Å²) >= 11 is 0. The number of nitriles is 1. The van der Waals surface area contributed by atoms with Crippen molar-refractivity contribution in [2.45, 2.75) is 44.1 Å². The van der Waals surface area contributed by atoms with Gasteiger partial charge in [-0.15, -0.1) is 10.2 Å². The monoisotopic (exact) mass is 566 g/mol. The summed E-state index contributed by atoms with van der Waals surface area (Å²) in [6.07, 6.45) is 11.2. The fourth-order valence-electron chi connectivity index (χ4n) is 4.50. The van der Waals surface area contributed by atoms with Crippen LogP contribution in [-0.2, 0) is 20.5 Å². The van der Waals surface area contributed by atoms with E-state index in [1.807, 2.05) is 38.2 Å². The molecular weight excluding hydrogens is 524 g/mol. The van der Waals surface area contributed by atoms with E-state index < -0.39 is 15.6 Å². The van der Waals surface area contributed by atoms with Gasteiger partial charge in [0, 0.05) is 23.1 Å². The first kappa shape index (κ1) is 31.2. The summed E-state index contributed by atoms with van der Waals surface area (Å²) < 4.78 is 14.1. The van der Waals surface area contributed by atoms with Gasteiger partial charge in [-0.1, -0.05) is 30.3 Å². The Labute approximate surface area is 238 Å². The van der Waals surface area contributed by atoms with E-state index in [0.29, 0.717) is 25.4 Å². The summed E-state index contributed by atoms with van der Waals surface area (Å²) in [7, 11) is -0.590. The zero-order valence-electron chi connectivity index (χ0n) is 24.2. The Balaban J connectivity index is 0.00000216. The lowest BCUT2D eigenvalue weighted by Gasteiger charge is -2.27. The van der Waals surface area contributed by atoms with Gasteiger partial charge in [0.05, 0.1) is 36.7 Å². The normalized spacial score (nSPS) is 15.2. The number of fused-ring (bicyclic) bond motifs is 1. The van der Waals surface area contributed by atoms with E-state index in [2.05, 4.69) is 74.8 Å². The first-order valence-corrected chi connectivity index (χ1v) is 16.2. The van der Waals surface area contributed by atoms with Crippen LogP contribution in [0.2, 0.25) is 0 Å². The second-order valence-corrected chi connectivity index (χ2v) is 15.6. The molecule has 0 atom stereocenters. The van der Waals surface area contributed by atoms with Crippen molar-refractivity contribution in [1.29, 1.82) is 10.7 Å². The zero-order valence-corrected chi connectivity index (χ0v) is 25.1. The van der Waals surface area contributed by atoms with Crippen molar-refractivity contribution in [3.63, 3.8) is 0 Å². The smallest absolute Gasteiger partial charge is 0.166 e. The van der Waals surface area contributed by atoms with Crippen LogP contribution in [0.1, 0.15) is 55.6 Å². The molecule has 0 amide bonds. The topological polar surface area (TPSA) is 147 Å². The van der Waals surface area contributed by atoms with Gasteiger partial charge in [-0.05, 0) is 63.8 Å². The Morgan fingerprint density at radius 1 is 1.23 bits per heavy atom. The van der Waals surface area contributed by atoms with Crippen molar-refractivity contribution in [2.75, 3.05) is 44.5 Å². The third kappa shape index (κ3) is 7.26. The lowest BCUT2D eigenvalue weighted by Crippen LogP contribution is -2.31. The van der Waals surface area contributed by atoms with E-state index in [-0.39, 0.29) is 12.2 Å². The molecule has 10 nitrogen and oxygen atoms in total. The Morgan fingerprint density at radius 3 is 2.52 bits per heavy atom. The van der Waals surface area contributed by atoms with Crippen molar-refractivity contribution in [3.8, 4) is 6.07 Å². The highest BCUT2D eigenvalue weighted by atomic mass is 32.3. The van der Waals surface area contributed by atoms with Gasteiger partial charge in [0.25, 0.3) is 0 Å². The van der Waals surface area contributed by atoms with Gasteiger partial charge in [0.15, 0.2) is 5.65 Å². The van der Waals surface area contributed by atoms with Gasteiger partial charge in [-0.2, -0.15) is 5.26 Å². The summed E-state index contributed by atoms with van der Waals surface area (Å²) in [6, 6.07) is 14.4. The molecule has 0 radical (unpaired) electrons. The minimum Gasteiger partial charge on any atom is -0.355 e. The molecule has 0 unspecified atom stereocenters. The second-order valence-electron chi connectivity index (χ2n) is 11.1. The maximum Gasteiger partial charge on any atom is 0.166 e. The van der Waals surface area contributed by atoms with E-state index in [1.165, 1.54) is 5.56 Å². The van der Waals surface area contributed by atoms with Gasteiger partial charge in [-0.3, -0.25) is 9.39 Å². The predicted molar refractivity (Wildman–Crippen MR) is 163 cm³/mol. The van der Waals surface area contributed by atoms with Gasteiger partial charge in [0.1, 0.15) is 18.5 Å². The molecule has 0 aliphatic heterocycles. The summed E-state index contributed by atoms with van der Waals surface area (Å²) in [6.45, 7) is 7.92. The van der Waals surface area contributed by atoms with Gasteiger partial charge in [0.2, 0.25) is 0 Å². The Bertz CT molecular complexity index is 1330. The number of pyridine rings is 1. The molecular formula is C29H42N8O2S. The predicted octanol–water partition coefficient (Wildman–Crippen LogP) is 4.12. The minimum absolute atomic E-state index is 0.186. The molecule has 1 fully saturated rings. The number of hydrogen-bond donors (Lipinski definition) is 3. The average molecular weight is 567 g/mol. The molecule has 4 rings (SSSR count). The number of ether oxygens (including phenoxy) is 2. The number of nitrogens with one attached hydrogen (secondary N) is 2. The van der Waals surface area contributed by atoms with Crippen LogP contribution >= 0.6 is 10.0 Å². The first-order chi connectivity index (χ1) is 19.1. The third-order valence-electron chi connectivity index (χ3n) is 6.95. The number of nitrogens with zero attached hydrogens (tertiary/aromatic N) is 5. The molecule has 0 bridgehead atoms. The van der Waals surface area contributed by atoms with Crippen LogP contribution in [-0.4, -0.2) is 71.6 Å². The van der Waals surface area contributed by atoms with E-state index in [1.54, 1.807) is 0 Å². The first-order valence-electron chi connectivity index (χ1n) is 13.2. The van der Waals surface area contributed by atoms with Crippen LogP contribution in [0.4, 0.5) is 0 Å². The van der Waals surface area contributed by atoms with Crippen LogP contribution in [0, 0.1) is 16.7 Å². The highest BCUT2D eigenvalue weighted by molar-refractivity contribution is 8.32. The maximum absolute atomic E-state index is 8.77. The summed E-state index contributed by atoms with van der Waals surface area (Å²) in [5, 5.41) is 23.6. The summed E-state index contributed by atoms with van der Waals surface area (Å²) in [5.41, 5.74) is 5.70. The molecule has 4 N–H and O–H groups in total. The fraction of sp³-hybridized carbons (Fsp3) is 0.483. The highest BCUT2D eigenvalue weighted by Crippen LogP contribution is 2.53.